The lowest BCUT2D eigenvalue weighted by atomic mass is 9.87. The zero-order valence-corrected chi connectivity index (χ0v) is 17.6. The van der Waals surface area contributed by atoms with Gasteiger partial charge in [-0.3, -0.25) is 34.5 Å². The van der Waals surface area contributed by atoms with Gasteiger partial charge >= 0.3 is 23.2 Å². The Morgan fingerprint density at radius 3 is 2.45 bits per heavy atom. The number of pyridine rings is 1. The summed E-state index contributed by atoms with van der Waals surface area (Å²) in [5, 5.41) is 14.2. The molecule has 2 heterocycles. The minimum absolute atomic E-state index is 0.195. The predicted molar refractivity (Wildman–Crippen MR) is 111 cm³/mol. The lowest BCUT2D eigenvalue weighted by molar-refractivity contribution is -0.386. The summed E-state index contributed by atoms with van der Waals surface area (Å²) in [4.78, 5) is 72.4. The van der Waals surface area contributed by atoms with Crippen LogP contribution >= 0.6 is 0 Å². The average Bonchev–Trinajstić information content (AvgIpc) is 3.05. The number of hydrogen-bond acceptors (Lipinski definition) is 8. The Bertz CT molecular complexity index is 1210. The zero-order valence-electron chi connectivity index (χ0n) is 17.6. The molecule has 172 valence electrons. The third-order valence-corrected chi connectivity index (χ3v) is 5.12. The molecule has 13 nitrogen and oxygen atoms in total. The highest BCUT2D eigenvalue weighted by atomic mass is 16.6. The molecule has 1 saturated heterocycles. The van der Waals surface area contributed by atoms with Gasteiger partial charge in [-0.25, -0.2) is 9.59 Å². The number of methoxy groups -OCH3 is 1. The first-order valence-corrected chi connectivity index (χ1v) is 9.63. The van der Waals surface area contributed by atoms with Gasteiger partial charge in [0.2, 0.25) is 0 Å². The lowest BCUT2D eigenvalue weighted by Crippen LogP contribution is -2.49. The van der Waals surface area contributed by atoms with Gasteiger partial charge in [0.05, 0.1) is 17.6 Å². The van der Waals surface area contributed by atoms with Crippen molar-refractivity contribution in [3.8, 4) is 0 Å². The third-order valence-electron chi connectivity index (χ3n) is 5.12. The van der Waals surface area contributed by atoms with E-state index in [4.69, 9.17) is 0 Å². The highest BCUT2D eigenvalue weighted by Crippen LogP contribution is 2.31. The number of hydrogen-bond donors (Lipinski definition) is 2. The van der Waals surface area contributed by atoms with E-state index in [0.717, 1.165) is 19.4 Å². The number of nitrogens with zero attached hydrogens (tertiary/aromatic N) is 3. The van der Waals surface area contributed by atoms with Crippen molar-refractivity contribution >= 4 is 29.5 Å². The number of urea groups is 1. The van der Waals surface area contributed by atoms with Gasteiger partial charge in [0.1, 0.15) is 12.1 Å². The Hall–Kier alpha value is -4.55. The first-order valence-electron chi connectivity index (χ1n) is 9.63. The average molecular weight is 457 g/mol. The van der Waals surface area contributed by atoms with Crippen LogP contribution in [0, 0.1) is 10.1 Å². The lowest BCUT2D eigenvalue weighted by Gasteiger charge is -2.25. The Labute approximate surface area is 186 Å². The summed E-state index contributed by atoms with van der Waals surface area (Å²) in [5.41, 5.74) is -1.21. The summed E-state index contributed by atoms with van der Waals surface area (Å²) in [6, 6.07) is 8.29. The van der Waals surface area contributed by atoms with Crippen molar-refractivity contribution in [2.45, 2.75) is 25.4 Å². The van der Waals surface area contributed by atoms with E-state index in [2.05, 4.69) is 15.5 Å². The zero-order chi connectivity index (χ0) is 24.3. The minimum atomic E-state index is -1.40. The van der Waals surface area contributed by atoms with Crippen LogP contribution in [0.4, 0.5) is 10.5 Å². The summed E-state index contributed by atoms with van der Waals surface area (Å²) < 4.78 is 5.11. The van der Waals surface area contributed by atoms with Crippen molar-refractivity contribution in [2.24, 2.45) is 0 Å². The number of aromatic nitrogens is 1. The van der Waals surface area contributed by atoms with E-state index < -0.39 is 52.1 Å². The van der Waals surface area contributed by atoms with Crippen molar-refractivity contribution in [2.75, 3.05) is 7.11 Å². The quantitative estimate of drug-likeness (QED) is 0.261. The van der Waals surface area contributed by atoms with Crippen molar-refractivity contribution in [1.29, 1.82) is 0 Å². The van der Waals surface area contributed by atoms with Gasteiger partial charge in [-0.05, 0) is 12.0 Å². The van der Waals surface area contributed by atoms with Gasteiger partial charge in [0.25, 0.3) is 11.8 Å². The minimum Gasteiger partial charge on any atom is -0.465 e. The number of nitrogens with one attached hydrogen (secondary N) is 2. The number of carbonyl (C=O) groups excluding carboxylic acids is 4. The maximum absolute atomic E-state index is 13.1. The molecule has 1 unspecified atom stereocenters. The van der Waals surface area contributed by atoms with Gasteiger partial charge in [-0.2, -0.15) is 5.01 Å². The molecule has 1 aromatic carbocycles. The summed E-state index contributed by atoms with van der Waals surface area (Å²) >= 11 is 0. The van der Waals surface area contributed by atoms with Gasteiger partial charge in [0.15, 0.2) is 0 Å². The van der Waals surface area contributed by atoms with Crippen LogP contribution in [0.3, 0.4) is 0 Å². The fourth-order valence-corrected chi connectivity index (χ4v) is 3.45. The number of esters is 1. The molecule has 0 spiro atoms. The molecule has 3 rings (SSSR count). The Morgan fingerprint density at radius 2 is 1.88 bits per heavy atom. The number of rotatable bonds is 7. The van der Waals surface area contributed by atoms with Crippen LogP contribution in [-0.4, -0.2) is 45.4 Å². The van der Waals surface area contributed by atoms with Crippen LogP contribution < -0.4 is 16.3 Å². The predicted octanol–water partition coefficient (Wildman–Crippen LogP) is 0.432. The number of hydrazine groups is 1. The summed E-state index contributed by atoms with van der Waals surface area (Å²) in [6.07, 6.45) is 1.10. The molecule has 2 N–H and O–H groups in total. The maximum atomic E-state index is 13.1. The molecule has 0 saturated carbocycles. The van der Waals surface area contributed by atoms with Gasteiger partial charge < -0.3 is 10.1 Å². The van der Waals surface area contributed by atoms with Gasteiger partial charge in [-0.15, -0.1) is 0 Å². The van der Waals surface area contributed by atoms with Crippen LogP contribution in [-0.2, 0) is 26.4 Å². The van der Waals surface area contributed by atoms with E-state index in [1.807, 2.05) is 0 Å². The van der Waals surface area contributed by atoms with E-state index in [0.29, 0.717) is 15.1 Å². The van der Waals surface area contributed by atoms with Crippen LogP contribution in [0.2, 0.25) is 0 Å². The molecule has 1 fully saturated rings. The number of ether oxygens (including phenoxy) is 1. The van der Waals surface area contributed by atoms with Crippen LogP contribution in [0.1, 0.15) is 29.3 Å². The molecule has 0 aliphatic carbocycles. The standard InChI is InChI=1S/C20H19N5O8/c1-3-20(13-7-5-4-6-8-13)18(29)24(19(30)21-20)22-15(26)11-23-10-12(17(28)33-2)9-14(16(23)27)25(31)32/h4-10H,3,11H2,1-2H3,(H,21,30)(H,22,26). The van der Waals surface area contributed by atoms with E-state index in [-0.39, 0.29) is 12.0 Å². The molecule has 0 radical (unpaired) electrons. The second-order valence-electron chi connectivity index (χ2n) is 7.03. The number of imide groups is 1. The van der Waals surface area contributed by atoms with Gasteiger partial charge in [0, 0.05) is 12.3 Å². The van der Waals surface area contributed by atoms with Crippen molar-refractivity contribution in [3.05, 3.63) is 74.2 Å². The number of nitro groups is 1. The normalized spacial score (nSPS) is 17.5. The topological polar surface area (TPSA) is 170 Å². The van der Waals surface area contributed by atoms with E-state index in [1.54, 1.807) is 37.3 Å². The van der Waals surface area contributed by atoms with E-state index in [9.17, 15) is 34.1 Å². The Kier molecular flexibility index (Phi) is 6.24. The first-order chi connectivity index (χ1) is 15.6. The fourth-order valence-electron chi connectivity index (χ4n) is 3.45. The first kappa shape index (κ1) is 23.1. The van der Waals surface area contributed by atoms with Crippen LogP contribution in [0.5, 0.6) is 0 Å². The van der Waals surface area contributed by atoms with E-state index in [1.165, 1.54) is 0 Å². The highest BCUT2D eigenvalue weighted by Gasteiger charge is 2.52. The highest BCUT2D eigenvalue weighted by molar-refractivity contribution is 6.08. The van der Waals surface area contributed by atoms with Crippen LogP contribution in [0.15, 0.2) is 47.4 Å². The van der Waals surface area contributed by atoms with Crippen molar-refractivity contribution in [1.82, 2.24) is 20.3 Å². The van der Waals surface area contributed by atoms with Crippen molar-refractivity contribution < 1.29 is 28.8 Å². The van der Waals surface area contributed by atoms with Crippen molar-refractivity contribution in [3.63, 3.8) is 0 Å². The smallest absolute Gasteiger partial charge is 0.344 e. The second-order valence-corrected chi connectivity index (χ2v) is 7.03. The molecular formula is C20H19N5O8. The van der Waals surface area contributed by atoms with Crippen LogP contribution in [0.25, 0.3) is 0 Å². The molecule has 0 bridgehead atoms. The maximum Gasteiger partial charge on any atom is 0.344 e. The molecular weight excluding hydrogens is 438 g/mol. The largest absolute Gasteiger partial charge is 0.465 e. The molecule has 4 amide bonds. The number of benzene rings is 1. The molecule has 33 heavy (non-hydrogen) atoms. The molecule has 1 aromatic heterocycles. The molecule has 1 aliphatic rings. The Balaban J connectivity index is 1.87. The molecule has 2 aromatic rings. The second kappa shape index (κ2) is 8.90. The summed E-state index contributed by atoms with van der Waals surface area (Å²) in [6.45, 7) is 0.875. The summed E-state index contributed by atoms with van der Waals surface area (Å²) in [5.74, 6) is -2.70. The molecule has 13 heteroatoms. The monoisotopic (exact) mass is 457 g/mol. The number of amides is 4. The SMILES string of the molecule is CCC1(c2ccccc2)NC(=O)N(NC(=O)Cn2cc(C(=O)OC)cc([N+](=O)[O-])c2=O)C1=O. The van der Waals surface area contributed by atoms with E-state index >= 15 is 0 Å². The Morgan fingerprint density at radius 1 is 1.21 bits per heavy atom. The summed E-state index contributed by atoms with van der Waals surface area (Å²) in [7, 11) is 1.04. The molecule has 1 aliphatic heterocycles. The number of carbonyl (C=O) groups is 4. The molecule has 1 atom stereocenters. The van der Waals surface area contributed by atoms with Gasteiger partial charge in [-0.1, -0.05) is 37.3 Å². The third kappa shape index (κ3) is 4.15. The fraction of sp³-hybridized carbons (Fsp3) is 0.250.